The lowest BCUT2D eigenvalue weighted by Gasteiger charge is -2.11. The molecule has 1 aromatic heterocycles. The fourth-order valence-corrected chi connectivity index (χ4v) is 4.32. The van der Waals surface area contributed by atoms with Crippen LogP contribution < -0.4 is 0 Å². The number of aromatic nitrogens is 1. The van der Waals surface area contributed by atoms with Gasteiger partial charge in [-0.3, -0.25) is 4.98 Å². The van der Waals surface area contributed by atoms with E-state index in [9.17, 15) is 8.42 Å². The SMILES string of the molecule is C=CCSc1c(S(=O)(=O)CC=C)cnc2ccccc12. The van der Waals surface area contributed by atoms with Crippen molar-refractivity contribution in [2.45, 2.75) is 9.79 Å². The van der Waals surface area contributed by atoms with E-state index in [0.29, 0.717) is 5.75 Å². The first kappa shape index (κ1) is 14.8. The highest BCUT2D eigenvalue weighted by Gasteiger charge is 2.20. The Hall–Kier alpha value is -1.59. The molecule has 0 spiro atoms. The van der Waals surface area contributed by atoms with Crippen LogP contribution >= 0.6 is 11.8 Å². The minimum Gasteiger partial charge on any atom is -0.255 e. The summed E-state index contributed by atoms with van der Waals surface area (Å²) in [6.07, 6.45) is 4.59. The minimum atomic E-state index is -3.40. The molecule has 0 unspecified atom stereocenters. The first-order valence-electron chi connectivity index (χ1n) is 6.05. The molecule has 3 nitrogen and oxygen atoms in total. The van der Waals surface area contributed by atoms with Gasteiger partial charge in [-0.2, -0.15) is 0 Å². The Labute approximate surface area is 123 Å². The van der Waals surface area contributed by atoms with Crippen molar-refractivity contribution < 1.29 is 8.42 Å². The third kappa shape index (κ3) is 2.94. The molecule has 0 radical (unpaired) electrons. The van der Waals surface area contributed by atoms with Crippen molar-refractivity contribution >= 4 is 32.5 Å². The number of benzene rings is 1. The predicted molar refractivity (Wildman–Crippen MR) is 84.9 cm³/mol. The van der Waals surface area contributed by atoms with E-state index in [4.69, 9.17) is 0 Å². The maximum Gasteiger partial charge on any atom is 0.184 e. The molecule has 0 fully saturated rings. The second kappa shape index (κ2) is 6.24. The molecule has 1 heterocycles. The molecule has 104 valence electrons. The van der Waals surface area contributed by atoms with Crippen molar-refractivity contribution in [3.05, 3.63) is 55.8 Å². The van der Waals surface area contributed by atoms with Crippen molar-refractivity contribution in [2.75, 3.05) is 11.5 Å². The Morgan fingerprint density at radius 3 is 2.65 bits per heavy atom. The molecule has 20 heavy (non-hydrogen) atoms. The molecule has 0 bridgehead atoms. The van der Waals surface area contributed by atoms with Gasteiger partial charge in [-0.05, 0) is 6.07 Å². The average Bonchev–Trinajstić information content (AvgIpc) is 2.44. The monoisotopic (exact) mass is 305 g/mol. The smallest absolute Gasteiger partial charge is 0.184 e. The van der Waals surface area contributed by atoms with Crippen LogP contribution in [0.3, 0.4) is 0 Å². The summed E-state index contributed by atoms with van der Waals surface area (Å²) in [5, 5.41) is 0.851. The van der Waals surface area contributed by atoms with Crippen molar-refractivity contribution in [3.63, 3.8) is 0 Å². The van der Waals surface area contributed by atoms with E-state index >= 15 is 0 Å². The number of rotatable bonds is 6. The molecule has 0 aliphatic heterocycles. The predicted octanol–water partition coefficient (Wildman–Crippen LogP) is 3.47. The van der Waals surface area contributed by atoms with E-state index in [-0.39, 0.29) is 10.6 Å². The van der Waals surface area contributed by atoms with E-state index in [1.807, 2.05) is 24.3 Å². The first-order chi connectivity index (χ1) is 9.60. The summed E-state index contributed by atoms with van der Waals surface area (Å²) in [6, 6.07) is 7.53. The molecule has 1 aromatic carbocycles. The van der Waals surface area contributed by atoms with Crippen LogP contribution in [0.1, 0.15) is 0 Å². The van der Waals surface area contributed by atoms with Crippen LogP contribution in [0.2, 0.25) is 0 Å². The third-order valence-electron chi connectivity index (χ3n) is 2.71. The van der Waals surface area contributed by atoms with Gasteiger partial charge in [-0.15, -0.1) is 24.9 Å². The van der Waals surface area contributed by atoms with Crippen LogP contribution in [-0.2, 0) is 9.84 Å². The van der Waals surface area contributed by atoms with Gasteiger partial charge in [0.1, 0.15) is 0 Å². The largest absolute Gasteiger partial charge is 0.255 e. The minimum absolute atomic E-state index is 0.0886. The number of nitrogens with zero attached hydrogens (tertiary/aromatic N) is 1. The lowest BCUT2D eigenvalue weighted by Crippen LogP contribution is -2.07. The Bertz CT molecular complexity index is 752. The molecular formula is C15H15NO2S2. The maximum atomic E-state index is 12.3. The Morgan fingerprint density at radius 2 is 1.95 bits per heavy atom. The summed E-state index contributed by atoms with van der Waals surface area (Å²) >= 11 is 1.46. The first-order valence-corrected chi connectivity index (χ1v) is 8.69. The molecule has 5 heteroatoms. The Morgan fingerprint density at radius 1 is 1.20 bits per heavy atom. The normalized spacial score (nSPS) is 11.4. The molecule has 0 amide bonds. The molecule has 0 saturated heterocycles. The zero-order chi connectivity index (χ0) is 14.6. The molecular weight excluding hydrogens is 290 g/mol. The molecule has 2 aromatic rings. The quantitative estimate of drug-likeness (QED) is 0.605. The van der Waals surface area contributed by atoms with Gasteiger partial charge in [0.05, 0.1) is 16.2 Å². The lowest BCUT2D eigenvalue weighted by molar-refractivity contribution is 0.597. The maximum absolute atomic E-state index is 12.3. The highest BCUT2D eigenvalue weighted by molar-refractivity contribution is 8.00. The molecule has 2 rings (SSSR count). The van der Waals surface area contributed by atoms with Gasteiger partial charge in [0.2, 0.25) is 0 Å². The van der Waals surface area contributed by atoms with Crippen LogP contribution in [0.5, 0.6) is 0 Å². The zero-order valence-electron chi connectivity index (χ0n) is 11.0. The highest BCUT2D eigenvalue weighted by Crippen LogP contribution is 2.33. The van der Waals surface area contributed by atoms with Crippen molar-refractivity contribution in [3.8, 4) is 0 Å². The van der Waals surface area contributed by atoms with Crippen molar-refractivity contribution in [2.24, 2.45) is 0 Å². The third-order valence-corrected chi connectivity index (χ3v) is 5.63. The zero-order valence-corrected chi connectivity index (χ0v) is 12.6. The molecule has 0 N–H and O–H groups in total. The van der Waals surface area contributed by atoms with Crippen LogP contribution in [-0.4, -0.2) is 24.9 Å². The summed E-state index contributed by atoms with van der Waals surface area (Å²) in [7, 11) is -3.40. The second-order valence-corrected chi connectivity index (χ2v) is 7.17. The van der Waals surface area contributed by atoms with E-state index in [2.05, 4.69) is 18.1 Å². The summed E-state index contributed by atoms with van der Waals surface area (Å²) in [5.74, 6) is 0.555. The van der Waals surface area contributed by atoms with Gasteiger partial charge in [-0.25, -0.2) is 8.42 Å². The molecule has 0 saturated carbocycles. The van der Waals surface area contributed by atoms with Crippen LogP contribution in [0, 0.1) is 0 Å². The van der Waals surface area contributed by atoms with Gasteiger partial charge >= 0.3 is 0 Å². The van der Waals surface area contributed by atoms with E-state index in [1.54, 1.807) is 6.08 Å². The fraction of sp³-hybridized carbons (Fsp3) is 0.133. The Balaban J connectivity index is 2.70. The van der Waals surface area contributed by atoms with Gasteiger partial charge in [-0.1, -0.05) is 30.4 Å². The summed E-state index contributed by atoms with van der Waals surface area (Å²) < 4.78 is 24.6. The lowest BCUT2D eigenvalue weighted by atomic mass is 10.2. The second-order valence-electron chi connectivity index (χ2n) is 4.14. The van der Waals surface area contributed by atoms with Crippen molar-refractivity contribution in [1.29, 1.82) is 0 Å². The average molecular weight is 305 g/mol. The highest BCUT2D eigenvalue weighted by atomic mass is 32.2. The number of fused-ring (bicyclic) bond motifs is 1. The number of pyridine rings is 1. The Kier molecular flexibility index (Phi) is 4.62. The van der Waals surface area contributed by atoms with Gasteiger partial charge in [0.25, 0.3) is 0 Å². The summed E-state index contributed by atoms with van der Waals surface area (Å²) in [5.41, 5.74) is 0.789. The van der Waals surface area contributed by atoms with Crippen LogP contribution in [0.4, 0.5) is 0 Å². The molecule has 0 aliphatic rings. The molecule has 0 atom stereocenters. The van der Waals surface area contributed by atoms with Crippen molar-refractivity contribution in [1.82, 2.24) is 4.98 Å². The number of thioether (sulfide) groups is 1. The van der Waals surface area contributed by atoms with Crippen LogP contribution in [0.15, 0.2) is 65.6 Å². The summed E-state index contributed by atoms with van der Waals surface area (Å²) in [6.45, 7) is 7.18. The van der Waals surface area contributed by atoms with E-state index < -0.39 is 9.84 Å². The van der Waals surface area contributed by atoms with Crippen LogP contribution in [0.25, 0.3) is 10.9 Å². The van der Waals surface area contributed by atoms with Gasteiger partial charge in [0, 0.05) is 22.2 Å². The fourth-order valence-electron chi connectivity index (χ4n) is 1.86. The number of sulfone groups is 1. The van der Waals surface area contributed by atoms with E-state index in [1.165, 1.54) is 24.0 Å². The topological polar surface area (TPSA) is 47.0 Å². The molecule has 0 aliphatic carbocycles. The number of para-hydroxylation sites is 1. The summed E-state index contributed by atoms with van der Waals surface area (Å²) in [4.78, 5) is 5.25. The standard InChI is InChI=1S/C15H15NO2S2/c1-3-9-19-15-12-7-5-6-8-13(12)16-11-14(15)20(17,18)10-4-2/h3-8,11H,1-2,9-10H2. The van der Waals surface area contributed by atoms with E-state index in [0.717, 1.165) is 15.8 Å². The van der Waals surface area contributed by atoms with Gasteiger partial charge < -0.3 is 0 Å². The number of hydrogen-bond acceptors (Lipinski definition) is 4. The number of hydrogen-bond donors (Lipinski definition) is 0. The van der Waals surface area contributed by atoms with Gasteiger partial charge in [0.15, 0.2) is 9.84 Å².